The number of aryl methyl sites for hydroxylation is 1. The van der Waals surface area contributed by atoms with Gasteiger partial charge in [-0.3, -0.25) is 0 Å². The molecule has 1 aliphatic rings. The molecule has 0 saturated heterocycles. The van der Waals surface area contributed by atoms with E-state index in [9.17, 15) is 0 Å². The number of nitrogens with one attached hydrogen (secondary N) is 1. The Kier molecular flexibility index (Phi) is 3.99. The quantitative estimate of drug-likeness (QED) is 0.772. The predicted molar refractivity (Wildman–Crippen MR) is 87.5 cm³/mol. The third kappa shape index (κ3) is 2.84. The van der Waals surface area contributed by atoms with E-state index in [1.165, 1.54) is 5.56 Å². The maximum absolute atomic E-state index is 6.15. The van der Waals surface area contributed by atoms with Crippen molar-refractivity contribution in [3.8, 4) is 0 Å². The highest BCUT2D eigenvalue weighted by atomic mass is 79.9. The third-order valence-corrected chi connectivity index (χ3v) is 4.76. The zero-order valence-corrected chi connectivity index (χ0v) is 13.6. The first kappa shape index (κ1) is 13.9. The van der Waals surface area contributed by atoms with E-state index in [0.29, 0.717) is 17.1 Å². The van der Waals surface area contributed by atoms with Crippen LogP contribution < -0.4 is 5.32 Å². The minimum atomic E-state index is 0.490. The molecule has 1 saturated carbocycles. The van der Waals surface area contributed by atoms with Crippen molar-refractivity contribution in [3.63, 3.8) is 0 Å². The van der Waals surface area contributed by atoms with E-state index in [2.05, 4.69) is 57.4 Å². The number of halogens is 2. The minimum Gasteiger partial charge on any atom is -0.380 e. The van der Waals surface area contributed by atoms with Gasteiger partial charge >= 0.3 is 0 Å². The molecule has 0 bridgehead atoms. The van der Waals surface area contributed by atoms with Gasteiger partial charge in [0.15, 0.2) is 5.15 Å². The standard InChI is InChI=1S/C16H16BrClN2/c1-10-6-7-19-16(18)15(10)20-14-8-12(9-14)11-2-4-13(17)5-3-11/h2-7,12,14,20H,8-9H2,1H3. The molecule has 3 rings (SSSR count). The SMILES string of the molecule is Cc1ccnc(Cl)c1NC1CC(c2ccc(Br)cc2)C1. The Morgan fingerprint density at radius 2 is 1.90 bits per heavy atom. The molecule has 0 atom stereocenters. The first-order valence-corrected chi connectivity index (χ1v) is 7.93. The lowest BCUT2D eigenvalue weighted by molar-refractivity contribution is 0.374. The first-order chi connectivity index (χ1) is 9.63. The van der Waals surface area contributed by atoms with Gasteiger partial charge in [-0.15, -0.1) is 0 Å². The molecule has 2 nitrogen and oxygen atoms in total. The van der Waals surface area contributed by atoms with Crippen molar-refractivity contribution in [1.29, 1.82) is 0 Å². The normalized spacial score (nSPS) is 21.4. The molecule has 1 aromatic heterocycles. The molecule has 1 N–H and O–H groups in total. The van der Waals surface area contributed by atoms with Crippen LogP contribution in [0.25, 0.3) is 0 Å². The predicted octanol–water partition coefficient (Wildman–Crippen LogP) is 5.16. The van der Waals surface area contributed by atoms with Crippen LogP contribution in [-0.4, -0.2) is 11.0 Å². The smallest absolute Gasteiger partial charge is 0.152 e. The number of rotatable bonds is 3. The summed E-state index contributed by atoms with van der Waals surface area (Å²) in [7, 11) is 0. The van der Waals surface area contributed by atoms with Crippen molar-refractivity contribution in [2.24, 2.45) is 0 Å². The summed E-state index contributed by atoms with van der Waals surface area (Å²) in [5.74, 6) is 0.649. The first-order valence-electron chi connectivity index (χ1n) is 6.76. The Labute approximate surface area is 132 Å². The fraction of sp³-hybridized carbons (Fsp3) is 0.312. The van der Waals surface area contributed by atoms with Gasteiger partial charge in [0.05, 0.1) is 5.69 Å². The van der Waals surface area contributed by atoms with Crippen LogP contribution >= 0.6 is 27.5 Å². The van der Waals surface area contributed by atoms with Crippen LogP contribution in [-0.2, 0) is 0 Å². The molecule has 2 aromatic rings. The van der Waals surface area contributed by atoms with Gasteiger partial charge in [-0.2, -0.15) is 0 Å². The van der Waals surface area contributed by atoms with Gasteiger partial charge in [0, 0.05) is 16.7 Å². The van der Waals surface area contributed by atoms with Gasteiger partial charge in [0.1, 0.15) is 0 Å². The molecule has 104 valence electrons. The average Bonchev–Trinajstić information content (AvgIpc) is 2.38. The van der Waals surface area contributed by atoms with Crippen molar-refractivity contribution >= 4 is 33.2 Å². The highest BCUT2D eigenvalue weighted by Crippen LogP contribution is 2.39. The van der Waals surface area contributed by atoms with Crippen LogP contribution in [0.4, 0.5) is 5.69 Å². The summed E-state index contributed by atoms with van der Waals surface area (Å²) in [6.45, 7) is 2.06. The van der Waals surface area contributed by atoms with Crippen LogP contribution in [0.2, 0.25) is 5.15 Å². The van der Waals surface area contributed by atoms with E-state index in [4.69, 9.17) is 11.6 Å². The van der Waals surface area contributed by atoms with Crippen molar-refractivity contribution in [3.05, 3.63) is 57.3 Å². The molecule has 4 heteroatoms. The molecule has 1 aliphatic carbocycles. The Hall–Kier alpha value is -1.06. The van der Waals surface area contributed by atoms with Crippen molar-refractivity contribution < 1.29 is 0 Å². The van der Waals surface area contributed by atoms with Gasteiger partial charge in [-0.25, -0.2) is 4.98 Å². The molecule has 0 amide bonds. The largest absolute Gasteiger partial charge is 0.380 e. The fourth-order valence-electron chi connectivity index (χ4n) is 2.65. The average molecular weight is 352 g/mol. The second-order valence-electron chi connectivity index (χ2n) is 5.35. The maximum atomic E-state index is 6.15. The van der Waals surface area contributed by atoms with Crippen LogP contribution in [0.5, 0.6) is 0 Å². The molecular formula is C16H16BrClN2. The number of hydrogen-bond acceptors (Lipinski definition) is 2. The molecule has 0 unspecified atom stereocenters. The third-order valence-electron chi connectivity index (χ3n) is 3.94. The molecule has 20 heavy (non-hydrogen) atoms. The summed E-state index contributed by atoms with van der Waals surface area (Å²) in [4.78, 5) is 4.14. The van der Waals surface area contributed by atoms with E-state index in [-0.39, 0.29) is 0 Å². The summed E-state index contributed by atoms with van der Waals surface area (Å²) in [6.07, 6.45) is 4.03. The molecular weight excluding hydrogens is 336 g/mol. The lowest BCUT2D eigenvalue weighted by atomic mass is 9.76. The van der Waals surface area contributed by atoms with Crippen LogP contribution in [0.3, 0.4) is 0 Å². The Balaban J connectivity index is 1.62. The van der Waals surface area contributed by atoms with Gasteiger partial charge < -0.3 is 5.32 Å². The molecule has 1 heterocycles. The van der Waals surface area contributed by atoms with Gasteiger partial charge in [-0.05, 0) is 55.0 Å². The second kappa shape index (κ2) is 5.74. The maximum Gasteiger partial charge on any atom is 0.152 e. The number of aromatic nitrogens is 1. The van der Waals surface area contributed by atoms with Crippen molar-refractivity contribution in [2.75, 3.05) is 5.32 Å². The van der Waals surface area contributed by atoms with E-state index >= 15 is 0 Å². The molecule has 0 spiro atoms. The monoisotopic (exact) mass is 350 g/mol. The number of nitrogens with zero attached hydrogens (tertiary/aromatic N) is 1. The van der Waals surface area contributed by atoms with E-state index in [1.807, 2.05) is 6.07 Å². The molecule has 0 radical (unpaired) electrons. The van der Waals surface area contributed by atoms with Crippen LogP contribution in [0, 0.1) is 6.92 Å². The Morgan fingerprint density at radius 3 is 2.55 bits per heavy atom. The second-order valence-corrected chi connectivity index (χ2v) is 6.63. The number of benzene rings is 1. The Bertz CT molecular complexity index is 586. The summed E-state index contributed by atoms with van der Waals surface area (Å²) in [6, 6.07) is 11.1. The topological polar surface area (TPSA) is 24.9 Å². The lowest BCUT2D eigenvalue weighted by Gasteiger charge is -2.37. The number of pyridine rings is 1. The number of anilines is 1. The van der Waals surface area contributed by atoms with Crippen LogP contribution in [0.15, 0.2) is 41.0 Å². The summed E-state index contributed by atoms with van der Waals surface area (Å²) >= 11 is 9.62. The highest BCUT2D eigenvalue weighted by Gasteiger charge is 2.30. The zero-order chi connectivity index (χ0) is 14.1. The van der Waals surface area contributed by atoms with E-state index < -0.39 is 0 Å². The minimum absolute atomic E-state index is 0.490. The summed E-state index contributed by atoms with van der Waals surface area (Å²) in [5.41, 5.74) is 3.55. The van der Waals surface area contributed by atoms with Crippen molar-refractivity contribution in [2.45, 2.75) is 31.7 Å². The van der Waals surface area contributed by atoms with Gasteiger partial charge in [0.25, 0.3) is 0 Å². The Morgan fingerprint density at radius 1 is 1.20 bits per heavy atom. The number of hydrogen-bond donors (Lipinski definition) is 1. The summed E-state index contributed by atoms with van der Waals surface area (Å²) < 4.78 is 1.13. The van der Waals surface area contributed by atoms with Gasteiger partial charge in [0.2, 0.25) is 0 Å². The fourth-order valence-corrected chi connectivity index (χ4v) is 3.17. The summed E-state index contributed by atoms with van der Waals surface area (Å²) in [5, 5.41) is 4.09. The lowest BCUT2D eigenvalue weighted by Crippen LogP contribution is -2.34. The van der Waals surface area contributed by atoms with Crippen LogP contribution in [0.1, 0.15) is 29.9 Å². The molecule has 1 aromatic carbocycles. The van der Waals surface area contributed by atoms with E-state index in [0.717, 1.165) is 28.6 Å². The van der Waals surface area contributed by atoms with Crippen molar-refractivity contribution in [1.82, 2.24) is 4.98 Å². The molecule has 1 fully saturated rings. The molecule has 0 aliphatic heterocycles. The zero-order valence-electron chi connectivity index (χ0n) is 11.2. The van der Waals surface area contributed by atoms with E-state index in [1.54, 1.807) is 6.20 Å². The highest BCUT2D eigenvalue weighted by molar-refractivity contribution is 9.10. The van der Waals surface area contributed by atoms with Gasteiger partial charge in [-0.1, -0.05) is 39.7 Å².